The second-order valence-corrected chi connectivity index (χ2v) is 20.2. The first-order chi connectivity index (χ1) is 42.1. The maximum absolute atomic E-state index is 14.6. The van der Waals surface area contributed by atoms with Gasteiger partial charge < -0.3 is 68.4 Å². The Labute approximate surface area is 511 Å². The van der Waals surface area contributed by atoms with E-state index < -0.39 is 78.0 Å². The van der Waals surface area contributed by atoms with Gasteiger partial charge in [-0.15, -0.1) is 0 Å². The molecule has 0 saturated heterocycles. The Morgan fingerprint density at radius 2 is 1.06 bits per heavy atom. The number of methoxy groups -OCH3 is 2. The Morgan fingerprint density at radius 1 is 0.591 bits per heavy atom. The zero-order chi connectivity index (χ0) is 64.5. The molecule has 0 fully saturated rings. The monoisotopic (exact) mass is 1220 g/mol. The molecule has 0 spiro atoms. The highest BCUT2D eigenvalue weighted by Gasteiger charge is 2.35. The van der Waals surface area contributed by atoms with E-state index in [-0.39, 0.29) is 104 Å². The minimum absolute atomic E-state index is 0.00885. The second-order valence-electron chi connectivity index (χ2n) is 20.2. The van der Waals surface area contributed by atoms with Crippen molar-refractivity contribution in [2.24, 2.45) is 5.92 Å². The van der Waals surface area contributed by atoms with Crippen LogP contribution in [0, 0.1) is 5.92 Å². The van der Waals surface area contributed by atoms with E-state index in [0.29, 0.717) is 24.1 Å². The number of hydrogen-bond donors (Lipinski definition) is 5. The number of rotatable bonds is 30. The molecule has 2 aliphatic rings. The Morgan fingerprint density at radius 3 is 1.49 bits per heavy atom. The fourth-order valence-corrected chi connectivity index (χ4v) is 8.86. The first-order valence-corrected chi connectivity index (χ1v) is 28.1. The van der Waals surface area contributed by atoms with Crippen molar-refractivity contribution in [2.75, 3.05) is 69.8 Å². The largest absolute Gasteiger partial charge is 0.493 e. The van der Waals surface area contributed by atoms with Gasteiger partial charge in [-0.3, -0.25) is 39.4 Å². The zero-order valence-electron chi connectivity index (χ0n) is 50.9. The summed E-state index contributed by atoms with van der Waals surface area (Å²) in [5.41, 5.74) is 2.43. The average molecular weight is 1220 g/mol. The van der Waals surface area contributed by atoms with E-state index in [1.165, 1.54) is 81.2 Å². The average Bonchev–Trinajstić information content (AvgIpc) is 3.01. The summed E-state index contributed by atoms with van der Waals surface area (Å²) >= 11 is 0. The van der Waals surface area contributed by atoms with E-state index in [1.54, 1.807) is 50.5 Å². The quantitative estimate of drug-likeness (QED) is 0.0180. The summed E-state index contributed by atoms with van der Waals surface area (Å²) in [6, 6.07) is 8.82. The fraction of sp³-hybridized carbons (Fsp3) is 0.381. The summed E-state index contributed by atoms with van der Waals surface area (Å²) in [4.78, 5) is 120. The minimum atomic E-state index is -1.01. The topological polar surface area (TPSA) is 303 Å². The molecule has 2 unspecified atom stereocenters. The van der Waals surface area contributed by atoms with Crippen molar-refractivity contribution in [1.29, 1.82) is 0 Å². The number of carbonyl (C=O) groups excluding carboxylic acids is 9. The van der Waals surface area contributed by atoms with Crippen LogP contribution in [-0.2, 0) is 49.5 Å². The van der Waals surface area contributed by atoms with Gasteiger partial charge in [0.05, 0.1) is 62.0 Å². The maximum Gasteiger partial charge on any atom is 0.411 e. The molecule has 4 atom stereocenters. The van der Waals surface area contributed by atoms with Gasteiger partial charge in [0.2, 0.25) is 11.8 Å². The highest BCUT2D eigenvalue weighted by Crippen LogP contribution is 2.39. The number of carbonyl (C=O) groups is 9. The number of esters is 2. The molecular formula is C63H77N7O18. The van der Waals surface area contributed by atoms with Crippen LogP contribution in [0.2, 0.25) is 0 Å². The SMILES string of the molecule is C=CCOC(=O)Nc1cc(OCCCOc2cc(NC(=O)OCc3ccc(NC(=O)C(C)NC(=O)C(NC(=O)OCC=C)C(C)C)cc3)c(C(=O)N3C=C(C=CC)C[C@H]3COC(C)=O)cc2OC)c(OC)cc1C(=O)N1C=C(C=CC)C[C@H]1COC(C)=O. The van der Waals surface area contributed by atoms with Gasteiger partial charge in [0.25, 0.3) is 11.8 Å². The Balaban J connectivity index is 1.34. The van der Waals surface area contributed by atoms with Gasteiger partial charge >= 0.3 is 30.2 Å². The lowest BCUT2D eigenvalue weighted by atomic mass is 10.0. The van der Waals surface area contributed by atoms with Crippen molar-refractivity contribution >= 4 is 70.9 Å². The van der Waals surface area contributed by atoms with Crippen molar-refractivity contribution in [2.45, 2.75) is 98.5 Å². The summed E-state index contributed by atoms with van der Waals surface area (Å²) < 4.78 is 50.1. The van der Waals surface area contributed by atoms with Crippen molar-refractivity contribution in [3.05, 3.63) is 138 Å². The van der Waals surface area contributed by atoms with Crippen LogP contribution in [0.3, 0.4) is 0 Å². The second kappa shape index (κ2) is 34.2. The molecule has 7 amide bonds. The van der Waals surface area contributed by atoms with E-state index in [0.717, 1.165) is 11.1 Å². The molecule has 0 aliphatic carbocycles. The first kappa shape index (κ1) is 68.7. The van der Waals surface area contributed by atoms with Crippen LogP contribution in [0.4, 0.5) is 31.4 Å². The molecule has 2 heterocycles. The van der Waals surface area contributed by atoms with E-state index in [2.05, 4.69) is 39.7 Å². The van der Waals surface area contributed by atoms with E-state index in [4.69, 9.17) is 42.6 Å². The van der Waals surface area contributed by atoms with Crippen molar-refractivity contribution in [1.82, 2.24) is 20.4 Å². The van der Waals surface area contributed by atoms with Gasteiger partial charge in [-0.2, -0.15) is 0 Å². The number of ether oxygens (including phenoxy) is 9. The molecule has 25 nitrogen and oxygen atoms in total. The summed E-state index contributed by atoms with van der Waals surface area (Å²) in [5, 5.41) is 13.1. The van der Waals surface area contributed by atoms with Gasteiger partial charge in [-0.1, -0.05) is 75.6 Å². The molecule has 25 heteroatoms. The van der Waals surface area contributed by atoms with Crippen molar-refractivity contribution in [3.8, 4) is 23.0 Å². The number of amides is 7. The number of nitrogens with one attached hydrogen (secondary N) is 5. The highest BCUT2D eigenvalue weighted by atomic mass is 16.6. The highest BCUT2D eigenvalue weighted by molar-refractivity contribution is 6.05. The molecule has 0 bridgehead atoms. The van der Waals surface area contributed by atoms with Crippen LogP contribution >= 0.6 is 0 Å². The summed E-state index contributed by atoms with van der Waals surface area (Å²) in [5.74, 6) is -3.16. The number of nitrogens with zero attached hydrogens (tertiary/aromatic N) is 2. The molecule has 3 aromatic rings. The van der Waals surface area contributed by atoms with Crippen LogP contribution in [0.15, 0.2) is 122 Å². The van der Waals surface area contributed by atoms with Crippen LogP contribution in [0.5, 0.6) is 23.0 Å². The number of anilines is 3. The number of benzene rings is 3. The van der Waals surface area contributed by atoms with Gasteiger partial charge in [-0.25, -0.2) is 14.4 Å². The third-order valence-corrected chi connectivity index (χ3v) is 13.1. The lowest BCUT2D eigenvalue weighted by molar-refractivity contribution is -0.143. The molecular weight excluding hydrogens is 1140 g/mol. The van der Waals surface area contributed by atoms with Gasteiger partial charge in [-0.05, 0) is 80.5 Å². The third kappa shape index (κ3) is 20.3. The van der Waals surface area contributed by atoms with Gasteiger partial charge in [0.1, 0.15) is 45.1 Å². The molecule has 3 aromatic carbocycles. The fourth-order valence-electron chi connectivity index (χ4n) is 8.86. The first-order valence-electron chi connectivity index (χ1n) is 28.1. The van der Waals surface area contributed by atoms with Gasteiger partial charge in [0.15, 0.2) is 23.0 Å². The molecule has 0 saturated carbocycles. The minimum Gasteiger partial charge on any atom is -0.493 e. The van der Waals surface area contributed by atoms with E-state index in [9.17, 15) is 43.2 Å². The zero-order valence-corrected chi connectivity index (χ0v) is 50.9. The maximum atomic E-state index is 14.6. The lowest BCUT2D eigenvalue weighted by Gasteiger charge is -2.25. The molecule has 5 rings (SSSR count). The van der Waals surface area contributed by atoms with Crippen LogP contribution < -0.4 is 45.5 Å². The number of hydrogen-bond acceptors (Lipinski definition) is 18. The molecule has 5 N–H and O–H groups in total. The molecule has 0 aromatic heterocycles. The predicted octanol–water partition coefficient (Wildman–Crippen LogP) is 8.89. The van der Waals surface area contributed by atoms with Crippen LogP contribution in [-0.4, -0.2) is 142 Å². The Kier molecular flexibility index (Phi) is 26.7. The van der Waals surface area contributed by atoms with Crippen molar-refractivity contribution in [3.63, 3.8) is 0 Å². The lowest BCUT2D eigenvalue weighted by Crippen LogP contribution is -2.53. The molecule has 2 aliphatic heterocycles. The Hall–Kier alpha value is -10.1. The molecule has 0 radical (unpaired) electrons. The van der Waals surface area contributed by atoms with Gasteiger partial charge in [0, 0.05) is 50.5 Å². The number of alkyl carbamates (subject to hydrolysis) is 1. The summed E-state index contributed by atoms with van der Waals surface area (Å²) in [7, 11) is 2.75. The smallest absolute Gasteiger partial charge is 0.411 e. The van der Waals surface area contributed by atoms with Crippen molar-refractivity contribution < 1.29 is 85.8 Å². The standard InChI is InChI=1S/C63H77N7O18/c1-12-17-43-27-46(36-86-40(8)71)69(33-43)59(75)48-29-52(80-10)54(31-50(48)66-61(77)84-23-14-3)82-25-16-26-83-55-32-51(49(30-53(55)81-11)60(76)70-34-44(18-13-2)28-47(70)37-87-41(9)72)67-62(78)88-35-42-19-21-45(22-20-42)65-57(73)39(7)64-58(74)56(38(5)6)68-63(79)85-24-15-4/h12-15,17-22,29-34,38-39,46-47,56H,3-4,16,23-28,35-37H2,1-2,5-11H3,(H,64,74)(H,65,73)(H,66,77)(H,67,78)(H,68,79)/t39?,46-,47-,56?/m0/s1. The summed E-state index contributed by atoms with van der Waals surface area (Å²) in [6.45, 7) is 17.5. The number of allylic oxidation sites excluding steroid dienone is 4. The van der Waals surface area contributed by atoms with Crippen LogP contribution in [0.1, 0.15) is 94.0 Å². The van der Waals surface area contributed by atoms with Crippen LogP contribution in [0.25, 0.3) is 0 Å². The predicted molar refractivity (Wildman–Crippen MR) is 325 cm³/mol. The molecule has 88 heavy (non-hydrogen) atoms. The molecule has 472 valence electrons. The normalized spacial score (nSPS) is 15.0. The third-order valence-electron chi connectivity index (χ3n) is 13.1. The summed E-state index contributed by atoms with van der Waals surface area (Å²) in [6.07, 6.45) is 11.7. The van der Waals surface area contributed by atoms with E-state index in [1.807, 2.05) is 38.2 Å². The Bertz CT molecular complexity index is 3170. The van der Waals surface area contributed by atoms with E-state index >= 15 is 0 Å².